The minimum absolute atomic E-state index is 0.00952. The fourth-order valence-corrected chi connectivity index (χ4v) is 3.37. The molecule has 4 rings (SSSR count). The summed E-state index contributed by atoms with van der Waals surface area (Å²) in [6, 6.07) is 9.60. The Morgan fingerprint density at radius 1 is 1.16 bits per heavy atom. The summed E-state index contributed by atoms with van der Waals surface area (Å²) < 4.78 is 17.5. The van der Waals surface area contributed by atoms with Gasteiger partial charge in [-0.3, -0.25) is 4.79 Å². The van der Waals surface area contributed by atoms with Crippen molar-refractivity contribution < 1.29 is 18.7 Å². The lowest BCUT2D eigenvalue weighted by Gasteiger charge is -2.22. The molecule has 25 heavy (non-hydrogen) atoms. The van der Waals surface area contributed by atoms with E-state index in [1.165, 1.54) is 6.08 Å². The van der Waals surface area contributed by atoms with Gasteiger partial charge in [-0.05, 0) is 77.3 Å². The molecule has 1 aliphatic heterocycles. The zero-order valence-corrected chi connectivity index (χ0v) is 15.7. The standard InChI is InChI=1S/C19H18INO4/c20-17-7-4-14(25-17)5-8-18(22)21-19(12-1-2-12)13-3-6-15-16(11-13)24-10-9-23-15/h3-8,11-12,19H,1-2,9-10H2,(H,21,22)/b8-5+. The molecule has 1 saturated carbocycles. The molecule has 0 saturated heterocycles. The van der Waals surface area contributed by atoms with Crippen molar-refractivity contribution in [2.24, 2.45) is 5.92 Å². The molecule has 130 valence electrons. The largest absolute Gasteiger partial charge is 0.486 e. The molecule has 2 heterocycles. The summed E-state index contributed by atoms with van der Waals surface area (Å²) in [5, 5.41) is 3.11. The van der Waals surface area contributed by atoms with Gasteiger partial charge in [-0.1, -0.05) is 6.07 Å². The second-order valence-corrected chi connectivity index (χ2v) is 7.27. The van der Waals surface area contributed by atoms with Gasteiger partial charge < -0.3 is 19.2 Å². The Labute approximate surface area is 159 Å². The van der Waals surface area contributed by atoms with Crippen LogP contribution < -0.4 is 14.8 Å². The Morgan fingerprint density at radius 3 is 2.68 bits per heavy atom. The van der Waals surface area contributed by atoms with E-state index in [-0.39, 0.29) is 11.9 Å². The molecule has 1 amide bonds. The van der Waals surface area contributed by atoms with E-state index < -0.39 is 0 Å². The lowest BCUT2D eigenvalue weighted by atomic mass is 10.0. The minimum Gasteiger partial charge on any atom is -0.486 e. The fourth-order valence-electron chi connectivity index (χ4n) is 2.93. The van der Waals surface area contributed by atoms with E-state index in [4.69, 9.17) is 13.9 Å². The van der Waals surface area contributed by atoms with Crippen LogP contribution in [0.1, 0.15) is 30.2 Å². The monoisotopic (exact) mass is 451 g/mol. The van der Waals surface area contributed by atoms with Crippen LogP contribution in [0.2, 0.25) is 0 Å². The number of nitrogens with one attached hydrogen (secondary N) is 1. The Hall–Kier alpha value is -1.96. The van der Waals surface area contributed by atoms with E-state index in [1.807, 2.05) is 30.3 Å². The molecule has 5 nitrogen and oxygen atoms in total. The molecule has 0 radical (unpaired) electrons. The van der Waals surface area contributed by atoms with Crippen LogP contribution >= 0.6 is 22.6 Å². The van der Waals surface area contributed by atoms with E-state index in [2.05, 4.69) is 27.9 Å². The minimum atomic E-state index is -0.127. The van der Waals surface area contributed by atoms with Gasteiger partial charge in [0.25, 0.3) is 0 Å². The number of carbonyl (C=O) groups excluding carboxylic acids is 1. The highest BCUT2D eigenvalue weighted by atomic mass is 127. The molecule has 1 aromatic carbocycles. The molecule has 2 aromatic rings. The number of benzene rings is 1. The number of furan rings is 1. The second kappa shape index (κ2) is 7.11. The summed E-state index contributed by atoms with van der Waals surface area (Å²) in [6.45, 7) is 1.13. The summed E-state index contributed by atoms with van der Waals surface area (Å²) >= 11 is 2.10. The van der Waals surface area contributed by atoms with Gasteiger partial charge in [0, 0.05) is 6.08 Å². The summed E-state index contributed by atoms with van der Waals surface area (Å²) in [7, 11) is 0. The van der Waals surface area contributed by atoms with E-state index in [0.29, 0.717) is 24.9 Å². The predicted octanol–water partition coefficient (Wildman–Crippen LogP) is 3.94. The Kier molecular flexibility index (Phi) is 4.70. The number of carbonyl (C=O) groups is 1. The van der Waals surface area contributed by atoms with E-state index in [9.17, 15) is 4.79 Å². The molecule has 0 bridgehead atoms. The van der Waals surface area contributed by atoms with Crippen molar-refractivity contribution in [1.82, 2.24) is 5.32 Å². The third-order valence-electron chi connectivity index (χ3n) is 4.31. The van der Waals surface area contributed by atoms with E-state index >= 15 is 0 Å². The number of hydrogen-bond donors (Lipinski definition) is 1. The van der Waals surface area contributed by atoms with Crippen molar-refractivity contribution in [3.05, 3.63) is 51.5 Å². The molecule has 0 spiro atoms. The van der Waals surface area contributed by atoms with Crippen LogP contribution in [0.5, 0.6) is 11.5 Å². The number of amides is 1. The van der Waals surface area contributed by atoms with Gasteiger partial charge in [0.1, 0.15) is 19.0 Å². The van der Waals surface area contributed by atoms with Gasteiger partial charge in [0.2, 0.25) is 5.91 Å². The average Bonchev–Trinajstić information content (AvgIpc) is 3.39. The first-order chi connectivity index (χ1) is 12.2. The first-order valence-corrected chi connectivity index (χ1v) is 9.40. The Balaban J connectivity index is 1.48. The quantitative estimate of drug-likeness (QED) is 0.553. The number of rotatable bonds is 5. The highest BCUT2D eigenvalue weighted by molar-refractivity contribution is 14.1. The maximum atomic E-state index is 12.3. The zero-order valence-electron chi connectivity index (χ0n) is 13.5. The number of fused-ring (bicyclic) bond motifs is 1. The van der Waals surface area contributed by atoms with Crippen molar-refractivity contribution >= 4 is 34.6 Å². The van der Waals surface area contributed by atoms with Gasteiger partial charge in [-0.2, -0.15) is 0 Å². The van der Waals surface area contributed by atoms with Crippen LogP contribution in [-0.2, 0) is 4.79 Å². The molecule has 1 aliphatic carbocycles. The normalized spacial score (nSPS) is 17.5. The predicted molar refractivity (Wildman–Crippen MR) is 101 cm³/mol. The summed E-state index contributed by atoms with van der Waals surface area (Å²) in [4.78, 5) is 12.3. The van der Waals surface area contributed by atoms with Gasteiger partial charge in [-0.25, -0.2) is 0 Å². The maximum Gasteiger partial charge on any atom is 0.244 e. The summed E-state index contributed by atoms with van der Waals surface area (Å²) in [6.07, 6.45) is 5.45. The van der Waals surface area contributed by atoms with E-state index in [0.717, 1.165) is 33.7 Å². The van der Waals surface area contributed by atoms with Gasteiger partial charge in [0.05, 0.1) is 6.04 Å². The van der Waals surface area contributed by atoms with Crippen molar-refractivity contribution in [3.8, 4) is 11.5 Å². The summed E-state index contributed by atoms with van der Waals surface area (Å²) in [5.41, 5.74) is 1.06. The highest BCUT2D eigenvalue weighted by Crippen LogP contribution is 2.43. The Bertz CT molecular complexity index is 810. The highest BCUT2D eigenvalue weighted by Gasteiger charge is 2.33. The smallest absolute Gasteiger partial charge is 0.244 e. The molecule has 2 aliphatic rings. The molecule has 1 atom stereocenters. The van der Waals surface area contributed by atoms with Crippen molar-refractivity contribution in [2.75, 3.05) is 13.2 Å². The van der Waals surface area contributed by atoms with Crippen molar-refractivity contribution in [2.45, 2.75) is 18.9 Å². The van der Waals surface area contributed by atoms with Crippen LogP contribution in [0.25, 0.3) is 6.08 Å². The topological polar surface area (TPSA) is 60.7 Å². The van der Waals surface area contributed by atoms with Gasteiger partial charge in [0.15, 0.2) is 15.3 Å². The second-order valence-electron chi connectivity index (χ2n) is 6.20. The molecule has 1 N–H and O–H groups in total. The summed E-state index contributed by atoms with van der Waals surface area (Å²) in [5.74, 6) is 2.54. The SMILES string of the molecule is O=C(/C=C/c1ccc(I)o1)NC(c1ccc2c(c1)OCCO2)C1CC1. The fraction of sp³-hybridized carbons (Fsp3) is 0.316. The maximum absolute atomic E-state index is 12.3. The first-order valence-electron chi connectivity index (χ1n) is 8.32. The number of hydrogen-bond acceptors (Lipinski definition) is 4. The third kappa shape index (κ3) is 4.00. The molecule has 6 heteroatoms. The molecule has 1 fully saturated rings. The Morgan fingerprint density at radius 2 is 1.96 bits per heavy atom. The van der Waals surface area contributed by atoms with Gasteiger partial charge in [-0.15, -0.1) is 0 Å². The van der Waals surface area contributed by atoms with Gasteiger partial charge >= 0.3 is 0 Å². The van der Waals surface area contributed by atoms with Crippen LogP contribution in [0, 0.1) is 9.68 Å². The number of halogens is 1. The molecular formula is C19H18INO4. The molecular weight excluding hydrogens is 433 g/mol. The average molecular weight is 451 g/mol. The van der Waals surface area contributed by atoms with Crippen LogP contribution in [0.3, 0.4) is 0 Å². The van der Waals surface area contributed by atoms with Crippen molar-refractivity contribution in [3.63, 3.8) is 0 Å². The lowest BCUT2D eigenvalue weighted by Crippen LogP contribution is -2.28. The van der Waals surface area contributed by atoms with E-state index in [1.54, 1.807) is 6.08 Å². The van der Waals surface area contributed by atoms with Crippen LogP contribution in [-0.4, -0.2) is 19.1 Å². The third-order valence-corrected chi connectivity index (χ3v) is 4.89. The van der Waals surface area contributed by atoms with Crippen LogP contribution in [0.15, 0.2) is 40.8 Å². The molecule has 1 aromatic heterocycles. The van der Waals surface area contributed by atoms with Crippen LogP contribution in [0.4, 0.5) is 0 Å². The molecule has 1 unspecified atom stereocenters. The lowest BCUT2D eigenvalue weighted by molar-refractivity contribution is -0.117. The zero-order chi connectivity index (χ0) is 17.2. The van der Waals surface area contributed by atoms with Crippen molar-refractivity contribution in [1.29, 1.82) is 0 Å². The first kappa shape index (κ1) is 16.5. The number of ether oxygens (including phenoxy) is 2.